The number of esters is 1. The van der Waals surface area contributed by atoms with Crippen LogP contribution in [0.2, 0.25) is 0 Å². The van der Waals surface area contributed by atoms with Crippen molar-refractivity contribution in [2.45, 2.75) is 33.1 Å². The zero-order chi connectivity index (χ0) is 34.7. The highest BCUT2D eigenvalue weighted by atomic mass is 19.4. The maximum Gasteiger partial charge on any atom is 0.433 e. The molecule has 1 N–H and O–H groups in total. The molecule has 0 atom stereocenters. The van der Waals surface area contributed by atoms with E-state index < -0.39 is 73.8 Å². The maximum absolute atomic E-state index is 13.1. The second-order valence-electron chi connectivity index (χ2n) is 9.11. The number of carbonyl (C=O) groups is 2. The number of benzene rings is 2. The van der Waals surface area contributed by atoms with Crippen molar-refractivity contribution in [2.24, 2.45) is 0 Å². The van der Waals surface area contributed by atoms with Crippen LogP contribution in [0.15, 0.2) is 48.5 Å². The van der Waals surface area contributed by atoms with Crippen molar-refractivity contribution >= 4 is 23.3 Å². The van der Waals surface area contributed by atoms with Gasteiger partial charge in [-0.3, -0.25) is 20.2 Å². The molecule has 46 heavy (non-hydrogen) atoms. The smallest absolute Gasteiger partial charge is 0.433 e. The van der Waals surface area contributed by atoms with Crippen molar-refractivity contribution in [3.8, 4) is 11.4 Å². The minimum atomic E-state index is -4.76. The summed E-state index contributed by atoms with van der Waals surface area (Å²) in [7, 11) is 0. The molecule has 0 saturated carbocycles. The van der Waals surface area contributed by atoms with E-state index >= 15 is 0 Å². The monoisotopic (exact) mass is 658 g/mol. The van der Waals surface area contributed by atoms with Crippen LogP contribution in [0.3, 0.4) is 0 Å². The predicted octanol–water partition coefficient (Wildman–Crippen LogP) is 6.09. The maximum atomic E-state index is 13.1. The van der Waals surface area contributed by atoms with Crippen LogP contribution >= 0.6 is 0 Å². The molecule has 0 amide bonds. The second kappa shape index (κ2) is 13.0. The highest BCUT2D eigenvalue weighted by molar-refractivity contribution is 5.91. The summed E-state index contributed by atoms with van der Waals surface area (Å²) in [5.41, 5.74) is -5.14. The molecule has 0 spiro atoms. The number of halogens is 6. The summed E-state index contributed by atoms with van der Waals surface area (Å²) in [6.07, 6.45) is -9.50. The molecule has 2 heterocycles. The van der Waals surface area contributed by atoms with Gasteiger partial charge in [-0.1, -0.05) is 0 Å². The first-order valence-corrected chi connectivity index (χ1v) is 12.5. The standard InChI is InChI=1S/C14H12F3N3O4.C12H8F3N3O4/c1-3-24-13(21)9-4-5-10(11(7-9)20(22)23)19-12(14(15,16)17)6-8(2)18-19;1-6-4-10(12(13,14)15)17(16-6)8-3-2-7(11(19)20)5-9(8)18(21)22/h4-7H,3H2,1-2H3;2-5H,1H3,(H,19,20). The van der Waals surface area contributed by atoms with E-state index in [0.29, 0.717) is 15.4 Å². The summed E-state index contributed by atoms with van der Waals surface area (Å²) in [5.74, 6) is -2.23. The zero-order valence-corrected chi connectivity index (χ0v) is 23.6. The molecule has 0 aliphatic carbocycles. The number of aryl methyl sites for hydroxylation is 2. The number of rotatable bonds is 7. The topological polar surface area (TPSA) is 186 Å². The van der Waals surface area contributed by atoms with Gasteiger partial charge >= 0.3 is 24.3 Å². The van der Waals surface area contributed by atoms with E-state index in [9.17, 15) is 56.2 Å². The average molecular weight is 658 g/mol. The van der Waals surface area contributed by atoms with E-state index in [4.69, 9.17) is 9.84 Å². The summed E-state index contributed by atoms with van der Waals surface area (Å²) in [5, 5.41) is 38.4. The predicted molar refractivity (Wildman–Crippen MR) is 143 cm³/mol. The highest BCUT2D eigenvalue weighted by Gasteiger charge is 2.38. The van der Waals surface area contributed by atoms with E-state index in [2.05, 4.69) is 10.2 Å². The number of carbonyl (C=O) groups excluding carboxylic acids is 1. The molecule has 0 bridgehead atoms. The van der Waals surface area contributed by atoms with Crippen molar-refractivity contribution in [1.29, 1.82) is 0 Å². The fraction of sp³-hybridized carbons (Fsp3) is 0.231. The Morgan fingerprint density at radius 1 is 0.783 bits per heavy atom. The third kappa shape index (κ3) is 7.63. The fourth-order valence-corrected chi connectivity index (χ4v) is 3.94. The van der Waals surface area contributed by atoms with Crippen LogP contribution in [-0.4, -0.2) is 53.1 Å². The van der Waals surface area contributed by atoms with E-state index in [1.54, 1.807) is 6.92 Å². The summed E-state index contributed by atoms with van der Waals surface area (Å²) in [6.45, 7) is 4.27. The number of nitrogens with zero attached hydrogens (tertiary/aromatic N) is 6. The molecule has 244 valence electrons. The number of nitro groups is 2. The minimum absolute atomic E-state index is 0.0175. The van der Waals surface area contributed by atoms with Gasteiger partial charge < -0.3 is 9.84 Å². The number of carboxylic acid groups (broad SMARTS) is 1. The van der Waals surface area contributed by atoms with Crippen molar-refractivity contribution in [2.75, 3.05) is 6.61 Å². The molecule has 20 heteroatoms. The molecular formula is C26H20F6N6O8. The number of carboxylic acids is 1. The first kappa shape index (κ1) is 34.7. The molecule has 0 aliphatic heterocycles. The molecule has 14 nitrogen and oxygen atoms in total. The molecular weight excluding hydrogens is 638 g/mol. The summed E-state index contributed by atoms with van der Waals surface area (Å²) < 4.78 is 83.7. The van der Waals surface area contributed by atoms with Crippen molar-refractivity contribution < 1.29 is 55.6 Å². The molecule has 2 aromatic carbocycles. The van der Waals surface area contributed by atoms with Crippen LogP contribution in [-0.2, 0) is 17.1 Å². The van der Waals surface area contributed by atoms with Crippen molar-refractivity contribution in [1.82, 2.24) is 19.6 Å². The Labute approximate surface area is 252 Å². The van der Waals surface area contributed by atoms with E-state index in [0.717, 1.165) is 42.5 Å². The first-order chi connectivity index (χ1) is 21.3. The normalized spacial score (nSPS) is 11.4. The highest BCUT2D eigenvalue weighted by Crippen LogP contribution is 2.35. The second-order valence-corrected chi connectivity index (χ2v) is 9.11. The van der Waals surface area contributed by atoms with Crippen LogP contribution in [0, 0.1) is 34.1 Å². The quantitative estimate of drug-likeness (QED) is 0.105. The molecule has 0 aliphatic rings. The van der Waals surface area contributed by atoms with Crippen LogP contribution in [0.5, 0.6) is 0 Å². The fourth-order valence-electron chi connectivity index (χ4n) is 3.94. The van der Waals surface area contributed by atoms with Gasteiger partial charge in [-0.15, -0.1) is 0 Å². The molecule has 0 unspecified atom stereocenters. The SMILES string of the molecule is CCOC(=O)c1ccc(-n2nc(C)cc2C(F)(F)F)c([N+](=O)[O-])c1.Cc1cc(C(F)(F)F)n(-c2ccc(C(=O)O)cc2[N+](=O)[O-])n1. The minimum Gasteiger partial charge on any atom is -0.478 e. The number of ether oxygens (including phenoxy) is 1. The van der Waals surface area contributed by atoms with Crippen LogP contribution in [0.25, 0.3) is 11.4 Å². The van der Waals surface area contributed by atoms with Gasteiger partial charge in [-0.25, -0.2) is 19.0 Å². The Hall–Kier alpha value is -5.82. The van der Waals surface area contributed by atoms with Gasteiger partial charge in [0, 0.05) is 12.1 Å². The number of alkyl halides is 6. The number of nitro benzene ring substituents is 2. The lowest BCUT2D eigenvalue weighted by Crippen LogP contribution is -2.15. The van der Waals surface area contributed by atoms with Gasteiger partial charge in [0.15, 0.2) is 0 Å². The number of hydrogen-bond donors (Lipinski definition) is 1. The lowest BCUT2D eigenvalue weighted by molar-refractivity contribution is -0.384. The zero-order valence-electron chi connectivity index (χ0n) is 23.6. The molecule has 4 aromatic rings. The van der Waals surface area contributed by atoms with Gasteiger partial charge in [0.25, 0.3) is 11.4 Å². The van der Waals surface area contributed by atoms with Gasteiger partial charge in [0.05, 0.1) is 39.0 Å². The molecule has 0 fully saturated rings. The largest absolute Gasteiger partial charge is 0.478 e. The van der Waals surface area contributed by atoms with Crippen molar-refractivity contribution in [3.63, 3.8) is 0 Å². The summed E-state index contributed by atoms with van der Waals surface area (Å²) >= 11 is 0. The Morgan fingerprint density at radius 2 is 1.17 bits per heavy atom. The Morgan fingerprint density at radius 3 is 1.52 bits per heavy atom. The third-order valence-electron chi connectivity index (χ3n) is 5.80. The molecule has 0 saturated heterocycles. The molecule has 0 radical (unpaired) electrons. The van der Waals surface area contributed by atoms with Crippen molar-refractivity contribution in [3.05, 3.63) is 103 Å². The number of aromatic nitrogens is 4. The Balaban J connectivity index is 0.000000251. The van der Waals surface area contributed by atoms with Crippen LogP contribution < -0.4 is 0 Å². The number of hydrogen-bond acceptors (Lipinski definition) is 9. The van der Waals surface area contributed by atoms with E-state index in [1.807, 2.05) is 0 Å². The Bertz CT molecular complexity index is 1830. The van der Waals surface area contributed by atoms with E-state index in [1.165, 1.54) is 13.8 Å². The van der Waals surface area contributed by atoms with Crippen LogP contribution in [0.4, 0.5) is 37.7 Å². The third-order valence-corrected chi connectivity index (χ3v) is 5.80. The molecule has 4 rings (SSSR count). The first-order valence-electron chi connectivity index (χ1n) is 12.5. The Kier molecular flexibility index (Phi) is 9.83. The van der Waals surface area contributed by atoms with Gasteiger partial charge in [0.2, 0.25) is 0 Å². The summed E-state index contributed by atoms with van der Waals surface area (Å²) in [4.78, 5) is 42.9. The van der Waals surface area contributed by atoms with Gasteiger partial charge in [-0.2, -0.15) is 36.5 Å². The van der Waals surface area contributed by atoms with E-state index in [-0.39, 0.29) is 23.6 Å². The lowest BCUT2D eigenvalue weighted by atomic mass is 10.1. The number of aromatic carboxylic acids is 1. The lowest BCUT2D eigenvalue weighted by Gasteiger charge is -2.11. The molecule has 2 aromatic heterocycles. The summed E-state index contributed by atoms with van der Waals surface area (Å²) in [6, 6.07) is 7.16. The van der Waals surface area contributed by atoms with Gasteiger partial charge in [-0.05, 0) is 57.2 Å². The van der Waals surface area contributed by atoms with Gasteiger partial charge in [0.1, 0.15) is 22.8 Å². The average Bonchev–Trinajstić information content (AvgIpc) is 3.55. The van der Waals surface area contributed by atoms with Crippen LogP contribution in [0.1, 0.15) is 50.4 Å².